The number of hydrogen-bond donors (Lipinski definition) is 1. The van der Waals surface area contributed by atoms with Crippen molar-refractivity contribution >= 4 is 11.8 Å². The third-order valence-corrected chi connectivity index (χ3v) is 7.31. The minimum absolute atomic E-state index is 0.500. The first-order valence-electron chi connectivity index (χ1n) is 9.03. The van der Waals surface area contributed by atoms with Gasteiger partial charge in [-0.15, -0.1) is 0 Å². The average molecular weight is 314 g/mol. The first-order valence-corrected chi connectivity index (χ1v) is 10.1. The molecule has 2 fully saturated rings. The van der Waals surface area contributed by atoms with Gasteiger partial charge in [0.25, 0.3) is 0 Å². The summed E-state index contributed by atoms with van der Waals surface area (Å²) in [6, 6.07) is 0.713. The molecule has 0 aromatic heterocycles. The molecule has 2 aliphatic rings. The van der Waals surface area contributed by atoms with Crippen molar-refractivity contribution in [1.82, 2.24) is 5.32 Å². The van der Waals surface area contributed by atoms with E-state index in [9.17, 15) is 0 Å². The summed E-state index contributed by atoms with van der Waals surface area (Å²) >= 11 is 2.19. The average Bonchev–Trinajstić information content (AvgIpc) is 2.99. The fraction of sp³-hybridized carbons (Fsp3) is 1.00. The van der Waals surface area contributed by atoms with Gasteiger partial charge in [-0.1, -0.05) is 34.1 Å². The predicted molar refractivity (Wildman–Crippen MR) is 94.1 cm³/mol. The number of hydrogen-bond acceptors (Lipinski definition) is 3. The standard InChI is InChI=1S/C18H35NOS/c1-5-18(3,4)14-9-10-16(19-6-2)17(12-14)21-13-15-8-7-11-20-15/h14-17,19H,5-13H2,1-4H3. The molecule has 1 heterocycles. The molecule has 0 aromatic carbocycles. The minimum Gasteiger partial charge on any atom is -0.377 e. The molecule has 4 atom stereocenters. The van der Waals surface area contributed by atoms with E-state index in [1.54, 1.807) is 0 Å². The Labute approximate surface area is 136 Å². The van der Waals surface area contributed by atoms with Crippen LogP contribution in [0.5, 0.6) is 0 Å². The molecule has 3 heteroatoms. The molecule has 0 spiro atoms. The lowest BCUT2D eigenvalue weighted by atomic mass is 9.68. The van der Waals surface area contributed by atoms with Crippen LogP contribution in [0.25, 0.3) is 0 Å². The van der Waals surface area contributed by atoms with Gasteiger partial charge < -0.3 is 10.1 Å². The van der Waals surface area contributed by atoms with Crippen molar-refractivity contribution in [1.29, 1.82) is 0 Å². The fourth-order valence-electron chi connectivity index (χ4n) is 3.81. The summed E-state index contributed by atoms with van der Waals surface area (Å²) in [5.74, 6) is 2.09. The van der Waals surface area contributed by atoms with Gasteiger partial charge in [-0.05, 0) is 50.0 Å². The zero-order valence-electron chi connectivity index (χ0n) is 14.5. The van der Waals surface area contributed by atoms with Crippen LogP contribution in [0, 0.1) is 11.3 Å². The first kappa shape index (κ1) is 17.6. The van der Waals surface area contributed by atoms with E-state index in [0.29, 0.717) is 17.6 Å². The van der Waals surface area contributed by atoms with E-state index in [1.807, 2.05) is 0 Å². The van der Waals surface area contributed by atoms with Crippen LogP contribution in [0.4, 0.5) is 0 Å². The van der Waals surface area contributed by atoms with Crippen LogP contribution in [-0.2, 0) is 4.74 Å². The first-order chi connectivity index (χ1) is 10.1. The number of thioether (sulfide) groups is 1. The third kappa shape index (κ3) is 4.87. The molecular weight excluding hydrogens is 278 g/mol. The van der Waals surface area contributed by atoms with Crippen molar-refractivity contribution < 1.29 is 4.74 Å². The Morgan fingerprint density at radius 3 is 2.62 bits per heavy atom. The maximum Gasteiger partial charge on any atom is 0.0666 e. The van der Waals surface area contributed by atoms with Crippen LogP contribution in [0.1, 0.15) is 66.2 Å². The SMILES string of the molecule is CCNC1CCC(C(C)(C)CC)CC1SCC1CCCO1. The zero-order valence-corrected chi connectivity index (χ0v) is 15.3. The quantitative estimate of drug-likeness (QED) is 0.748. The van der Waals surface area contributed by atoms with Gasteiger partial charge in [-0.25, -0.2) is 0 Å². The maximum atomic E-state index is 5.81. The van der Waals surface area contributed by atoms with Gasteiger partial charge in [-0.2, -0.15) is 11.8 Å². The lowest BCUT2D eigenvalue weighted by Gasteiger charge is -2.43. The van der Waals surface area contributed by atoms with E-state index < -0.39 is 0 Å². The van der Waals surface area contributed by atoms with Crippen molar-refractivity contribution in [3.05, 3.63) is 0 Å². The van der Waals surface area contributed by atoms with Gasteiger partial charge in [0, 0.05) is 23.7 Å². The van der Waals surface area contributed by atoms with Crippen LogP contribution in [0.3, 0.4) is 0 Å². The Morgan fingerprint density at radius 2 is 2.00 bits per heavy atom. The lowest BCUT2D eigenvalue weighted by molar-refractivity contribution is 0.127. The predicted octanol–water partition coefficient (Wildman–Crippen LogP) is 4.48. The van der Waals surface area contributed by atoms with Crippen LogP contribution in [-0.4, -0.2) is 36.3 Å². The molecule has 4 unspecified atom stereocenters. The Bertz CT molecular complexity index is 302. The Kier molecular flexibility index (Phi) is 6.89. The van der Waals surface area contributed by atoms with Crippen molar-refractivity contribution in [3.8, 4) is 0 Å². The summed E-state index contributed by atoms with van der Waals surface area (Å²) in [5.41, 5.74) is 0.500. The van der Waals surface area contributed by atoms with Crippen LogP contribution in [0.2, 0.25) is 0 Å². The van der Waals surface area contributed by atoms with Gasteiger partial charge in [0.1, 0.15) is 0 Å². The van der Waals surface area contributed by atoms with E-state index in [4.69, 9.17) is 4.74 Å². The van der Waals surface area contributed by atoms with Crippen molar-refractivity contribution in [3.63, 3.8) is 0 Å². The normalized spacial score (nSPS) is 34.3. The molecule has 124 valence electrons. The zero-order chi connectivity index (χ0) is 15.3. The molecule has 1 saturated carbocycles. The molecular formula is C18H35NOS. The topological polar surface area (TPSA) is 21.3 Å². The van der Waals surface area contributed by atoms with Crippen LogP contribution in [0.15, 0.2) is 0 Å². The molecule has 21 heavy (non-hydrogen) atoms. The summed E-state index contributed by atoms with van der Waals surface area (Å²) in [6.45, 7) is 11.6. The fourth-order valence-corrected chi connectivity index (χ4v) is 5.37. The van der Waals surface area contributed by atoms with E-state index in [2.05, 4.69) is 44.8 Å². The highest BCUT2D eigenvalue weighted by Crippen LogP contribution is 2.43. The van der Waals surface area contributed by atoms with Crippen molar-refractivity contribution in [2.45, 2.75) is 83.6 Å². The molecule has 1 N–H and O–H groups in total. The summed E-state index contributed by atoms with van der Waals surface area (Å²) in [4.78, 5) is 0. The highest BCUT2D eigenvalue weighted by atomic mass is 32.2. The number of nitrogens with one attached hydrogen (secondary N) is 1. The van der Waals surface area contributed by atoms with E-state index >= 15 is 0 Å². The summed E-state index contributed by atoms with van der Waals surface area (Å²) in [5, 5.41) is 4.51. The largest absolute Gasteiger partial charge is 0.377 e. The second-order valence-electron chi connectivity index (χ2n) is 7.52. The summed E-state index contributed by atoms with van der Waals surface area (Å²) < 4.78 is 5.81. The van der Waals surface area contributed by atoms with Crippen LogP contribution < -0.4 is 5.32 Å². The van der Waals surface area contributed by atoms with Gasteiger partial charge in [0.15, 0.2) is 0 Å². The second kappa shape index (κ2) is 8.21. The molecule has 2 rings (SSSR count). The smallest absolute Gasteiger partial charge is 0.0666 e. The van der Waals surface area contributed by atoms with Crippen molar-refractivity contribution in [2.24, 2.45) is 11.3 Å². The molecule has 2 nitrogen and oxygen atoms in total. The summed E-state index contributed by atoms with van der Waals surface area (Å²) in [7, 11) is 0. The van der Waals surface area contributed by atoms with Crippen molar-refractivity contribution in [2.75, 3.05) is 18.9 Å². The molecule has 1 aliphatic heterocycles. The monoisotopic (exact) mass is 313 g/mol. The molecule has 0 aromatic rings. The van der Waals surface area contributed by atoms with Crippen LogP contribution >= 0.6 is 11.8 Å². The van der Waals surface area contributed by atoms with Gasteiger partial charge in [0.2, 0.25) is 0 Å². The Hall–Kier alpha value is 0.270. The van der Waals surface area contributed by atoms with Gasteiger partial charge in [-0.3, -0.25) is 0 Å². The molecule has 1 aliphatic carbocycles. The highest BCUT2D eigenvalue weighted by molar-refractivity contribution is 8.00. The second-order valence-corrected chi connectivity index (χ2v) is 8.80. The Morgan fingerprint density at radius 1 is 1.19 bits per heavy atom. The maximum absolute atomic E-state index is 5.81. The minimum atomic E-state index is 0.500. The van der Waals surface area contributed by atoms with E-state index in [0.717, 1.165) is 24.3 Å². The molecule has 0 radical (unpaired) electrons. The van der Waals surface area contributed by atoms with E-state index in [1.165, 1.54) is 44.3 Å². The molecule has 0 bridgehead atoms. The lowest BCUT2D eigenvalue weighted by Crippen LogP contribution is -2.45. The third-order valence-electron chi connectivity index (χ3n) is 5.79. The Balaban J connectivity index is 1.90. The van der Waals surface area contributed by atoms with Gasteiger partial charge in [0.05, 0.1) is 6.10 Å². The molecule has 0 amide bonds. The summed E-state index contributed by atoms with van der Waals surface area (Å²) in [6.07, 6.45) is 8.49. The van der Waals surface area contributed by atoms with E-state index in [-0.39, 0.29) is 0 Å². The molecule has 1 saturated heterocycles. The number of ether oxygens (including phenoxy) is 1. The number of rotatable bonds is 7. The van der Waals surface area contributed by atoms with Gasteiger partial charge >= 0.3 is 0 Å². The highest BCUT2D eigenvalue weighted by Gasteiger charge is 2.37.